The van der Waals surface area contributed by atoms with Crippen LogP contribution in [0.5, 0.6) is 0 Å². The highest BCUT2D eigenvalue weighted by Crippen LogP contribution is 2.30. The van der Waals surface area contributed by atoms with Crippen LogP contribution in [-0.2, 0) is 10.0 Å². The van der Waals surface area contributed by atoms with E-state index in [9.17, 15) is 8.42 Å². The molecular weight excluding hydrogens is 471 g/mol. The number of hydrogen-bond donors (Lipinski definition) is 0. The van der Waals surface area contributed by atoms with Crippen molar-refractivity contribution in [2.75, 3.05) is 31.1 Å². The minimum atomic E-state index is -3.75. The Morgan fingerprint density at radius 1 is 0.906 bits per heavy atom. The Morgan fingerprint density at radius 2 is 1.66 bits per heavy atom. The number of nitrogens with zero attached hydrogens (tertiary/aromatic N) is 6. The van der Waals surface area contributed by atoms with E-state index in [0.29, 0.717) is 36.8 Å². The number of halogens is 2. The van der Waals surface area contributed by atoms with Crippen molar-refractivity contribution in [3.8, 4) is 5.69 Å². The number of sulfonamides is 1. The summed E-state index contributed by atoms with van der Waals surface area (Å²) < 4.78 is 29.4. The Kier molecular flexibility index (Phi) is 5.50. The van der Waals surface area contributed by atoms with Crippen molar-refractivity contribution in [3.05, 3.63) is 71.1 Å². The second kappa shape index (κ2) is 8.32. The van der Waals surface area contributed by atoms with Crippen molar-refractivity contribution in [3.63, 3.8) is 0 Å². The van der Waals surface area contributed by atoms with E-state index in [0.717, 1.165) is 16.9 Å². The van der Waals surface area contributed by atoms with Crippen molar-refractivity contribution in [2.24, 2.45) is 0 Å². The van der Waals surface area contributed by atoms with Crippen LogP contribution >= 0.6 is 23.2 Å². The van der Waals surface area contributed by atoms with E-state index >= 15 is 0 Å². The molecule has 0 aliphatic carbocycles. The summed E-state index contributed by atoms with van der Waals surface area (Å²) in [5.74, 6) is 0.731. The topological polar surface area (TPSA) is 84.2 Å². The third-order valence-corrected chi connectivity index (χ3v) is 8.01. The van der Waals surface area contributed by atoms with E-state index in [2.05, 4.69) is 15.1 Å². The monoisotopic (exact) mass is 488 g/mol. The highest BCUT2D eigenvalue weighted by atomic mass is 35.5. The number of anilines is 1. The highest BCUT2D eigenvalue weighted by molar-refractivity contribution is 7.89. The molecule has 1 aliphatic rings. The highest BCUT2D eigenvalue weighted by Gasteiger charge is 2.31. The van der Waals surface area contributed by atoms with Crippen LogP contribution in [-0.4, -0.2) is 58.7 Å². The summed E-state index contributed by atoms with van der Waals surface area (Å²) in [4.78, 5) is 10.9. The summed E-state index contributed by atoms with van der Waals surface area (Å²) in [7, 11) is -3.75. The largest absolute Gasteiger partial charge is 0.353 e. The SMILES string of the molecule is O=S(=O)(c1cc(Cl)ccc1Cl)N1CCN(c2ncnc3c2cnn3-c2ccccc2)CC1. The fourth-order valence-corrected chi connectivity index (χ4v) is 5.96. The molecule has 1 fully saturated rings. The van der Waals surface area contributed by atoms with Gasteiger partial charge in [0.15, 0.2) is 5.65 Å². The van der Waals surface area contributed by atoms with E-state index in [1.165, 1.54) is 22.8 Å². The van der Waals surface area contributed by atoms with Gasteiger partial charge in [0.05, 0.1) is 22.3 Å². The predicted molar refractivity (Wildman–Crippen MR) is 124 cm³/mol. The molecule has 0 amide bonds. The van der Waals surface area contributed by atoms with Crippen LogP contribution in [0, 0.1) is 0 Å². The maximum atomic E-state index is 13.1. The molecule has 32 heavy (non-hydrogen) atoms. The molecule has 1 aliphatic heterocycles. The zero-order valence-electron chi connectivity index (χ0n) is 16.8. The van der Waals surface area contributed by atoms with Crippen LogP contribution in [0.2, 0.25) is 10.0 Å². The molecule has 0 N–H and O–H groups in total. The first-order valence-electron chi connectivity index (χ1n) is 9.89. The third kappa shape index (κ3) is 3.71. The van der Waals surface area contributed by atoms with Gasteiger partial charge in [0.1, 0.15) is 17.0 Å². The van der Waals surface area contributed by atoms with Crippen LogP contribution in [0.4, 0.5) is 5.82 Å². The summed E-state index contributed by atoms with van der Waals surface area (Å²) in [6, 6.07) is 14.2. The lowest BCUT2D eigenvalue weighted by Gasteiger charge is -2.34. The van der Waals surface area contributed by atoms with Gasteiger partial charge in [0.2, 0.25) is 10.0 Å². The second-order valence-corrected chi connectivity index (χ2v) is 10.0. The molecule has 2 aromatic carbocycles. The Morgan fingerprint density at radius 3 is 2.41 bits per heavy atom. The van der Waals surface area contributed by atoms with Gasteiger partial charge in [-0.05, 0) is 30.3 Å². The van der Waals surface area contributed by atoms with E-state index in [1.807, 2.05) is 35.2 Å². The predicted octanol–water partition coefficient (Wildman–Crippen LogP) is 3.63. The molecular formula is C21H18Cl2N6O2S. The van der Waals surface area contributed by atoms with Crippen LogP contribution in [0.1, 0.15) is 0 Å². The molecule has 5 rings (SSSR count). The van der Waals surface area contributed by atoms with Gasteiger partial charge in [-0.2, -0.15) is 9.40 Å². The number of rotatable bonds is 4. The minimum Gasteiger partial charge on any atom is -0.353 e. The molecule has 8 nitrogen and oxygen atoms in total. The van der Waals surface area contributed by atoms with Gasteiger partial charge in [0, 0.05) is 31.2 Å². The van der Waals surface area contributed by atoms with Gasteiger partial charge < -0.3 is 4.90 Å². The van der Waals surface area contributed by atoms with Crippen LogP contribution in [0.15, 0.2) is 66.0 Å². The van der Waals surface area contributed by atoms with Gasteiger partial charge >= 0.3 is 0 Å². The molecule has 164 valence electrons. The molecule has 0 unspecified atom stereocenters. The number of aromatic nitrogens is 4. The van der Waals surface area contributed by atoms with Gasteiger partial charge in [0.25, 0.3) is 0 Å². The van der Waals surface area contributed by atoms with Gasteiger partial charge in [-0.3, -0.25) is 0 Å². The van der Waals surface area contributed by atoms with Gasteiger partial charge in [-0.15, -0.1) is 0 Å². The Balaban J connectivity index is 1.40. The number of hydrogen-bond acceptors (Lipinski definition) is 6. The molecule has 2 aromatic heterocycles. The van der Waals surface area contributed by atoms with E-state index in [1.54, 1.807) is 16.9 Å². The maximum absolute atomic E-state index is 13.1. The average Bonchev–Trinajstić information content (AvgIpc) is 3.25. The number of para-hydroxylation sites is 1. The lowest BCUT2D eigenvalue weighted by atomic mass is 10.3. The standard InChI is InChI=1S/C21H18Cl2N6O2S/c22-15-6-7-18(23)19(12-15)32(30,31)28-10-8-27(9-11-28)20-17-13-26-29(21(17)25-14-24-20)16-4-2-1-3-5-16/h1-7,12-14H,8-11H2. The quantitative estimate of drug-likeness (QED) is 0.436. The second-order valence-electron chi connectivity index (χ2n) is 7.29. The third-order valence-electron chi connectivity index (χ3n) is 5.39. The average molecular weight is 489 g/mol. The molecule has 0 atom stereocenters. The molecule has 0 bridgehead atoms. The van der Waals surface area contributed by atoms with Crippen molar-refractivity contribution in [1.29, 1.82) is 0 Å². The summed E-state index contributed by atoms with van der Waals surface area (Å²) >= 11 is 12.1. The summed E-state index contributed by atoms with van der Waals surface area (Å²) in [6.07, 6.45) is 3.25. The molecule has 1 saturated heterocycles. The summed E-state index contributed by atoms with van der Waals surface area (Å²) in [5, 5.41) is 5.78. The number of benzene rings is 2. The van der Waals surface area contributed by atoms with Gasteiger partial charge in [-0.25, -0.2) is 23.1 Å². The van der Waals surface area contributed by atoms with Crippen LogP contribution in [0.3, 0.4) is 0 Å². The zero-order valence-corrected chi connectivity index (χ0v) is 19.1. The van der Waals surface area contributed by atoms with Crippen molar-refractivity contribution in [2.45, 2.75) is 4.90 Å². The van der Waals surface area contributed by atoms with Crippen molar-refractivity contribution >= 4 is 50.1 Å². The first kappa shape index (κ1) is 21.1. The lowest BCUT2D eigenvalue weighted by Crippen LogP contribution is -2.49. The Labute approximate surface area is 195 Å². The first-order chi connectivity index (χ1) is 15.4. The van der Waals surface area contributed by atoms with Crippen molar-refractivity contribution in [1.82, 2.24) is 24.1 Å². The molecule has 0 saturated carbocycles. The fourth-order valence-electron chi connectivity index (χ4n) is 3.80. The van der Waals surface area contributed by atoms with Crippen molar-refractivity contribution < 1.29 is 8.42 Å². The van der Waals surface area contributed by atoms with E-state index in [-0.39, 0.29) is 9.92 Å². The van der Waals surface area contributed by atoms with Crippen LogP contribution in [0.25, 0.3) is 16.7 Å². The minimum absolute atomic E-state index is 0.0219. The smallest absolute Gasteiger partial charge is 0.244 e. The number of piperazine rings is 1. The zero-order chi connectivity index (χ0) is 22.3. The molecule has 11 heteroatoms. The molecule has 0 radical (unpaired) electrons. The normalized spacial score (nSPS) is 15.4. The fraction of sp³-hybridized carbons (Fsp3) is 0.190. The van der Waals surface area contributed by atoms with Gasteiger partial charge in [-0.1, -0.05) is 41.4 Å². The number of fused-ring (bicyclic) bond motifs is 1. The first-order valence-corrected chi connectivity index (χ1v) is 12.1. The summed E-state index contributed by atoms with van der Waals surface area (Å²) in [6.45, 7) is 1.53. The molecule has 3 heterocycles. The van der Waals surface area contributed by atoms with E-state index < -0.39 is 10.0 Å². The van der Waals surface area contributed by atoms with E-state index in [4.69, 9.17) is 23.2 Å². The molecule has 0 spiro atoms. The van der Waals surface area contributed by atoms with Crippen LogP contribution < -0.4 is 4.90 Å². The Hall–Kier alpha value is -2.72. The Bertz CT molecular complexity index is 1390. The summed E-state index contributed by atoms with van der Waals surface area (Å²) in [5.41, 5.74) is 1.60. The maximum Gasteiger partial charge on any atom is 0.244 e. The molecule has 4 aromatic rings. The lowest BCUT2D eigenvalue weighted by molar-refractivity contribution is 0.384.